The van der Waals surface area contributed by atoms with Crippen molar-refractivity contribution in [3.8, 4) is 0 Å². The molecule has 2 heterocycles. The van der Waals surface area contributed by atoms with E-state index in [1.807, 2.05) is 0 Å². The number of hydrogen-bond donors (Lipinski definition) is 0. The topological polar surface area (TPSA) is 36.9 Å². The van der Waals surface area contributed by atoms with Gasteiger partial charge in [-0.05, 0) is 19.3 Å². The minimum absolute atomic E-state index is 0.144. The highest BCUT2D eigenvalue weighted by atomic mass is 28.3. The maximum atomic E-state index is 6.50. The van der Waals surface area contributed by atoms with Crippen molar-refractivity contribution in [3.05, 3.63) is 0 Å². The summed E-state index contributed by atoms with van der Waals surface area (Å²) >= 11 is 0. The molecule has 0 aromatic rings. The Balaban J connectivity index is 2.02. The van der Waals surface area contributed by atoms with Crippen LogP contribution in [0.5, 0.6) is 0 Å². The highest BCUT2D eigenvalue weighted by Gasteiger charge is 2.50. The van der Waals surface area contributed by atoms with Crippen LogP contribution in [0.25, 0.3) is 0 Å². The van der Waals surface area contributed by atoms with Crippen LogP contribution in [-0.2, 0) is 18.9 Å². The maximum absolute atomic E-state index is 6.50. The van der Waals surface area contributed by atoms with Crippen LogP contribution in [0, 0.1) is 0 Å². The molecule has 0 aliphatic carbocycles. The van der Waals surface area contributed by atoms with Crippen LogP contribution in [0.1, 0.15) is 38.5 Å². The Bertz CT molecular complexity index is 383. The molecule has 0 amide bonds. The van der Waals surface area contributed by atoms with Gasteiger partial charge in [0.2, 0.25) is 0 Å². The first kappa shape index (κ1) is 21.6. The molecule has 0 N–H and O–H groups in total. The van der Waals surface area contributed by atoms with Crippen LogP contribution in [0.4, 0.5) is 0 Å². The molecule has 0 bridgehead atoms. The Morgan fingerprint density at radius 2 is 1.20 bits per heavy atom. The lowest BCUT2D eigenvalue weighted by Gasteiger charge is -2.48. The molecule has 0 saturated carbocycles. The fourth-order valence-corrected chi connectivity index (χ4v) is 6.18. The number of hydrogen-bond acceptors (Lipinski definition) is 4. The van der Waals surface area contributed by atoms with Crippen LogP contribution in [0.3, 0.4) is 0 Å². The second-order valence-corrected chi connectivity index (χ2v) is 21.5. The van der Waals surface area contributed by atoms with Gasteiger partial charge in [-0.2, -0.15) is 0 Å². The van der Waals surface area contributed by atoms with E-state index in [4.69, 9.17) is 18.9 Å². The average Bonchev–Trinajstić information content (AvgIpc) is 2.45. The lowest BCUT2D eigenvalue weighted by molar-refractivity contribution is -0.549. The molecule has 0 aromatic heterocycles. The Labute approximate surface area is 157 Å². The molecule has 0 atom stereocenters. The summed E-state index contributed by atoms with van der Waals surface area (Å²) in [5.41, 5.74) is -0.144. The molecule has 2 aliphatic rings. The summed E-state index contributed by atoms with van der Waals surface area (Å²) in [6.07, 6.45) is 5.31. The van der Waals surface area contributed by atoms with Gasteiger partial charge in [0, 0.05) is 22.6 Å². The summed E-state index contributed by atoms with van der Waals surface area (Å²) in [5, 5.41) is 0. The lowest BCUT2D eigenvalue weighted by Crippen LogP contribution is -2.56. The van der Waals surface area contributed by atoms with E-state index in [0.717, 1.165) is 25.7 Å². The predicted octanol–water partition coefficient (Wildman–Crippen LogP) is 5.45. The molecule has 2 rings (SSSR count). The van der Waals surface area contributed by atoms with Gasteiger partial charge in [-0.3, -0.25) is 4.74 Å². The van der Waals surface area contributed by atoms with Crippen LogP contribution in [0.2, 0.25) is 51.4 Å². The first-order chi connectivity index (χ1) is 11.5. The minimum Gasteiger partial charge on any atom is -0.303 e. The third kappa shape index (κ3) is 7.42. The Hall–Kier alpha value is 0.274. The van der Waals surface area contributed by atoms with E-state index in [2.05, 4.69) is 39.3 Å². The zero-order valence-electron chi connectivity index (χ0n) is 17.4. The van der Waals surface area contributed by atoms with Crippen molar-refractivity contribution in [2.24, 2.45) is 0 Å². The van der Waals surface area contributed by atoms with Crippen molar-refractivity contribution in [1.82, 2.24) is 0 Å². The average molecular weight is 389 g/mol. The molecule has 25 heavy (non-hydrogen) atoms. The van der Waals surface area contributed by atoms with E-state index >= 15 is 0 Å². The highest BCUT2D eigenvalue weighted by molar-refractivity contribution is 6.76. The minimum atomic E-state index is -1.23. The first-order valence-corrected chi connectivity index (χ1v) is 17.6. The van der Waals surface area contributed by atoms with Crippen molar-refractivity contribution in [2.75, 3.05) is 19.8 Å². The quantitative estimate of drug-likeness (QED) is 0.518. The van der Waals surface area contributed by atoms with Gasteiger partial charge in [0.05, 0.1) is 25.4 Å². The SMILES string of the molecule is C[Si](C)(C)CCCC1(CCC[Si](C)(C)C)CCOC2(OCCCO2)O1. The van der Waals surface area contributed by atoms with Crippen LogP contribution in [-0.4, -0.2) is 47.7 Å². The Morgan fingerprint density at radius 1 is 0.720 bits per heavy atom. The van der Waals surface area contributed by atoms with Crippen LogP contribution >= 0.6 is 0 Å². The monoisotopic (exact) mass is 388 g/mol. The third-order valence-corrected chi connectivity index (χ3v) is 8.85. The summed E-state index contributed by atoms with van der Waals surface area (Å²) in [6, 6.07) is 2.70. The van der Waals surface area contributed by atoms with E-state index in [0.29, 0.717) is 19.8 Å². The summed E-state index contributed by atoms with van der Waals surface area (Å²) in [6.45, 7) is 16.7. The molecule has 2 aliphatic heterocycles. The fraction of sp³-hybridized carbons (Fsp3) is 1.00. The standard InChI is InChI=1S/C19H40O4Si2/c1-24(2,3)16-7-10-18(11-8-17-25(4,5)6)12-15-22-19(23-18)20-13-9-14-21-19/h7-17H2,1-6H3. The van der Waals surface area contributed by atoms with E-state index in [-0.39, 0.29) is 5.60 Å². The molecule has 2 fully saturated rings. The molecule has 0 radical (unpaired) electrons. The van der Waals surface area contributed by atoms with Gasteiger partial charge in [-0.1, -0.05) is 64.2 Å². The van der Waals surface area contributed by atoms with Crippen molar-refractivity contribution in [2.45, 2.75) is 102 Å². The Morgan fingerprint density at radius 3 is 1.68 bits per heavy atom. The van der Waals surface area contributed by atoms with Crippen molar-refractivity contribution < 1.29 is 18.9 Å². The molecular weight excluding hydrogens is 348 g/mol. The molecule has 2 saturated heterocycles. The highest BCUT2D eigenvalue weighted by Crippen LogP contribution is 2.41. The number of ether oxygens (including phenoxy) is 4. The largest absolute Gasteiger partial charge is 0.413 e. The van der Waals surface area contributed by atoms with Crippen molar-refractivity contribution in [1.29, 1.82) is 0 Å². The maximum Gasteiger partial charge on any atom is 0.413 e. The third-order valence-electron chi connectivity index (χ3n) is 5.14. The fourth-order valence-electron chi connectivity index (χ4n) is 3.70. The van der Waals surface area contributed by atoms with Gasteiger partial charge in [-0.15, -0.1) is 0 Å². The second kappa shape index (κ2) is 8.52. The zero-order valence-corrected chi connectivity index (χ0v) is 19.4. The van der Waals surface area contributed by atoms with Crippen molar-refractivity contribution in [3.63, 3.8) is 0 Å². The Kier molecular flexibility index (Phi) is 7.36. The molecular formula is C19H40O4Si2. The van der Waals surface area contributed by atoms with E-state index in [1.165, 1.54) is 24.9 Å². The van der Waals surface area contributed by atoms with Crippen LogP contribution < -0.4 is 0 Å². The second-order valence-electron chi connectivity index (χ2n) is 10.3. The number of rotatable bonds is 8. The van der Waals surface area contributed by atoms with E-state index < -0.39 is 22.3 Å². The molecule has 148 valence electrons. The summed E-state index contributed by atoms with van der Waals surface area (Å²) in [7, 11) is -2.05. The van der Waals surface area contributed by atoms with E-state index in [9.17, 15) is 0 Å². The first-order valence-electron chi connectivity index (χ1n) is 10.2. The smallest absolute Gasteiger partial charge is 0.303 e. The zero-order chi connectivity index (χ0) is 18.6. The summed E-state index contributed by atoms with van der Waals surface area (Å²) in [5.74, 6) is 0. The van der Waals surface area contributed by atoms with Gasteiger partial charge in [0.1, 0.15) is 0 Å². The molecule has 1 spiro atoms. The van der Waals surface area contributed by atoms with Gasteiger partial charge < -0.3 is 14.2 Å². The normalized spacial score (nSPS) is 23.8. The van der Waals surface area contributed by atoms with Gasteiger partial charge in [0.25, 0.3) is 0 Å². The summed E-state index contributed by atoms with van der Waals surface area (Å²) in [4.78, 5) is 0. The molecule has 6 heteroatoms. The van der Waals surface area contributed by atoms with Gasteiger partial charge >= 0.3 is 6.16 Å². The van der Waals surface area contributed by atoms with Gasteiger partial charge in [0.15, 0.2) is 0 Å². The lowest BCUT2D eigenvalue weighted by atomic mass is 9.88. The van der Waals surface area contributed by atoms with E-state index in [1.54, 1.807) is 0 Å². The summed E-state index contributed by atoms with van der Waals surface area (Å²) < 4.78 is 23.9. The van der Waals surface area contributed by atoms with Gasteiger partial charge in [-0.25, -0.2) is 0 Å². The molecule has 4 nitrogen and oxygen atoms in total. The van der Waals surface area contributed by atoms with Crippen LogP contribution in [0.15, 0.2) is 0 Å². The molecule has 0 unspecified atom stereocenters. The predicted molar refractivity (Wildman–Crippen MR) is 108 cm³/mol. The van der Waals surface area contributed by atoms with Crippen molar-refractivity contribution >= 4 is 16.1 Å². The molecule has 0 aromatic carbocycles.